The summed E-state index contributed by atoms with van der Waals surface area (Å²) < 4.78 is 5.71. The Hall–Kier alpha value is -1.78. The predicted octanol–water partition coefficient (Wildman–Crippen LogP) is 2.42. The van der Waals surface area contributed by atoms with Crippen LogP contribution in [0, 0.1) is 11.8 Å². The fourth-order valence-corrected chi connectivity index (χ4v) is 2.79. The van der Waals surface area contributed by atoms with Gasteiger partial charge in [0, 0.05) is 25.4 Å². The fourth-order valence-electron chi connectivity index (χ4n) is 2.79. The minimum absolute atomic E-state index is 0.582. The number of ether oxygens (including phenoxy) is 1. The minimum Gasteiger partial charge on any atom is -0.477 e. The van der Waals surface area contributed by atoms with Crippen molar-refractivity contribution in [1.29, 1.82) is 0 Å². The number of rotatable bonds is 5. The van der Waals surface area contributed by atoms with E-state index in [1.54, 1.807) is 6.20 Å². The van der Waals surface area contributed by atoms with Crippen molar-refractivity contribution in [3.63, 3.8) is 0 Å². The summed E-state index contributed by atoms with van der Waals surface area (Å²) >= 11 is 0. The predicted molar refractivity (Wildman–Crippen MR) is 87.8 cm³/mol. The van der Waals surface area contributed by atoms with Gasteiger partial charge in [-0.05, 0) is 49.1 Å². The molecule has 1 unspecified atom stereocenters. The Balaban J connectivity index is 1.54. The Bertz CT molecular complexity index is 527. The van der Waals surface area contributed by atoms with Crippen molar-refractivity contribution >= 4 is 5.96 Å². The lowest BCUT2D eigenvalue weighted by atomic mass is 10.0. The van der Waals surface area contributed by atoms with Crippen LogP contribution in [0.15, 0.2) is 23.3 Å². The molecule has 0 radical (unpaired) electrons. The molecule has 1 aromatic heterocycles. The number of guanidine groups is 1. The first kappa shape index (κ1) is 15.1. The average Bonchev–Trinajstić information content (AvgIpc) is 3.35. The largest absolute Gasteiger partial charge is 0.477 e. The Kier molecular flexibility index (Phi) is 4.80. The maximum Gasteiger partial charge on any atom is 0.213 e. The lowest BCUT2D eigenvalue weighted by molar-refractivity contribution is 0.270. The van der Waals surface area contributed by atoms with E-state index in [9.17, 15) is 0 Å². The second-order valence-corrected chi connectivity index (χ2v) is 6.62. The molecule has 0 aromatic carbocycles. The van der Waals surface area contributed by atoms with Gasteiger partial charge in [-0.2, -0.15) is 0 Å². The molecule has 0 amide bonds. The van der Waals surface area contributed by atoms with Gasteiger partial charge in [-0.1, -0.05) is 6.92 Å². The first-order valence-electron chi connectivity index (χ1n) is 8.33. The van der Waals surface area contributed by atoms with Gasteiger partial charge in [-0.25, -0.2) is 9.98 Å². The van der Waals surface area contributed by atoms with E-state index in [0.29, 0.717) is 24.3 Å². The summed E-state index contributed by atoms with van der Waals surface area (Å²) in [5, 5.41) is 0. The zero-order chi connectivity index (χ0) is 15.4. The van der Waals surface area contributed by atoms with Crippen LogP contribution < -0.4 is 10.5 Å². The molecule has 120 valence electrons. The summed E-state index contributed by atoms with van der Waals surface area (Å²) in [6.45, 7) is 5.67. The van der Waals surface area contributed by atoms with E-state index < -0.39 is 0 Å². The summed E-state index contributed by atoms with van der Waals surface area (Å²) in [4.78, 5) is 11.0. The molecule has 22 heavy (non-hydrogen) atoms. The number of likely N-dealkylation sites (tertiary alicyclic amines) is 1. The molecule has 1 saturated heterocycles. The van der Waals surface area contributed by atoms with E-state index in [1.165, 1.54) is 25.7 Å². The maximum absolute atomic E-state index is 6.13. The molecule has 2 N–H and O–H groups in total. The van der Waals surface area contributed by atoms with Gasteiger partial charge in [0.15, 0.2) is 5.96 Å². The van der Waals surface area contributed by atoms with E-state index >= 15 is 0 Å². The Morgan fingerprint density at radius 2 is 2.32 bits per heavy atom. The van der Waals surface area contributed by atoms with Crippen LogP contribution in [0.5, 0.6) is 5.88 Å². The Morgan fingerprint density at radius 1 is 1.45 bits per heavy atom. The smallest absolute Gasteiger partial charge is 0.213 e. The molecule has 0 bridgehead atoms. The van der Waals surface area contributed by atoms with Crippen molar-refractivity contribution in [2.45, 2.75) is 39.2 Å². The zero-order valence-corrected chi connectivity index (χ0v) is 13.4. The molecule has 2 fully saturated rings. The molecule has 1 aromatic rings. The first-order chi connectivity index (χ1) is 10.7. The zero-order valence-electron chi connectivity index (χ0n) is 13.4. The molecule has 3 rings (SSSR count). The number of hydrogen-bond donors (Lipinski definition) is 1. The molecule has 5 heteroatoms. The number of aliphatic imine (C=N–C) groups is 1. The molecule has 5 nitrogen and oxygen atoms in total. The van der Waals surface area contributed by atoms with Crippen molar-refractivity contribution < 1.29 is 4.74 Å². The molecule has 2 aliphatic rings. The van der Waals surface area contributed by atoms with Crippen molar-refractivity contribution in [2.24, 2.45) is 22.6 Å². The number of pyridine rings is 1. The van der Waals surface area contributed by atoms with Crippen LogP contribution in [-0.2, 0) is 6.54 Å². The third-order valence-corrected chi connectivity index (χ3v) is 4.37. The van der Waals surface area contributed by atoms with Gasteiger partial charge in [0.25, 0.3) is 0 Å². The molecular weight excluding hydrogens is 276 g/mol. The van der Waals surface area contributed by atoms with Gasteiger partial charge < -0.3 is 15.4 Å². The summed E-state index contributed by atoms with van der Waals surface area (Å²) in [6, 6.07) is 3.94. The summed E-state index contributed by atoms with van der Waals surface area (Å²) in [5.41, 5.74) is 7.22. The highest BCUT2D eigenvalue weighted by Gasteiger charge is 2.22. The topological polar surface area (TPSA) is 63.7 Å². The Morgan fingerprint density at radius 3 is 3.09 bits per heavy atom. The minimum atomic E-state index is 0.582. The fraction of sp³-hybridized carbons (Fsp3) is 0.647. The summed E-state index contributed by atoms with van der Waals surface area (Å²) in [6.07, 6.45) is 6.84. The van der Waals surface area contributed by atoms with Crippen LogP contribution in [0.4, 0.5) is 0 Å². The third kappa shape index (κ3) is 4.36. The highest BCUT2D eigenvalue weighted by atomic mass is 16.5. The van der Waals surface area contributed by atoms with Crippen LogP contribution in [0.3, 0.4) is 0 Å². The van der Waals surface area contributed by atoms with E-state index in [2.05, 4.69) is 21.8 Å². The summed E-state index contributed by atoms with van der Waals surface area (Å²) in [7, 11) is 0. The Labute approximate surface area is 132 Å². The lowest BCUT2D eigenvalue weighted by Gasteiger charge is -2.31. The molecule has 1 saturated carbocycles. The number of hydrogen-bond acceptors (Lipinski definition) is 3. The molecular formula is C17H26N4O. The highest BCUT2D eigenvalue weighted by Crippen LogP contribution is 2.29. The number of nitrogens with zero attached hydrogens (tertiary/aromatic N) is 3. The van der Waals surface area contributed by atoms with Crippen molar-refractivity contribution in [1.82, 2.24) is 9.88 Å². The van der Waals surface area contributed by atoms with Crippen LogP contribution >= 0.6 is 0 Å². The van der Waals surface area contributed by atoms with Crippen molar-refractivity contribution in [3.05, 3.63) is 23.9 Å². The quantitative estimate of drug-likeness (QED) is 0.670. The van der Waals surface area contributed by atoms with Gasteiger partial charge in [-0.3, -0.25) is 0 Å². The van der Waals surface area contributed by atoms with Crippen LogP contribution in [-0.4, -0.2) is 35.5 Å². The number of piperidine rings is 1. The average molecular weight is 302 g/mol. The van der Waals surface area contributed by atoms with E-state index in [1.807, 2.05) is 12.1 Å². The van der Waals surface area contributed by atoms with Crippen LogP contribution in [0.25, 0.3) is 0 Å². The first-order valence-corrected chi connectivity index (χ1v) is 8.33. The molecule has 2 heterocycles. The SMILES string of the molecule is CC1CCCN(C(N)=NCc2ccnc(OCC3CC3)c2)C1. The third-order valence-electron chi connectivity index (χ3n) is 4.37. The van der Waals surface area contributed by atoms with Crippen LogP contribution in [0.1, 0.15) is 38.2 Å². The van der Waals surface area contributed by atoms with Crippen molar-refractivity contribution in [3.8, 4) is 5.88 Å². The van der Waals surface area contributed by atoms with Gasteiger partial charge in [-0.15, -0.1) is 0 Å². The van der Waals surface area contributed by atoms with Gasteiger partial charge in [0.05, 0.1) is 13.2 Å². The maximum atomic E-state index is 6.13. The number of aromatic nitrogens is 1. The van der Waals surface area contributed by atoms with E-state index in [0.717, 1.165) is 31.2 Å². The van der Waals surface area contributed by atoms with Crippen LogP contribution in [0.2, 0.25) is 0 Å². The molecule has 1 atom stereocenters. The van der Waals surface area contributed by atoms with E-state index in [4.69, 9.17) is 10.5 Å². The van der Waals surface area contributed by atoms with Crippen molar-refractivity contribution in [2.75, 3.05) is 19.7 Å². The monoisotopic (exact) mass is 302 g/mol. The van der Waals surface area contributed by atoms with E-state index in [-0.39, 0.29) is 0 Å². The normalized spacial score (nSPS) is 22.7. The highest BCUT2D eigenvalue weighted by molar-refractivity contribution is 5.78. The standard InChI is InChI=1S/C17H26N4O/c1-13-3-2-8-21(11-13)17(18)20-10-15-6-7-19-16(9-15)22-12-14-4-5-14/h6-7,9,13-14H,2-5,8,10-12H2,1H3,(H2,18,20). The summed E-state index contributed by atoms with van der Waals surface area (Å²) in [5.74, 6) is 2.79. The molecule has 1 aliphatic carbocycles. The number of nitrogens with two attached hydrogens (primary N) is 1. The lowest BCUT2D eigenvalue weighted by Crippen LogP contribution is -2.43. The van der Waals surface area contributed by atoms with Gasteiger partial charge >= 0.3 is 0 Å². The second-order valence-electron chi connectivity index (χ2n) is 6.62. The van der Waals surface area contributed by atoms with Gasteiger partial charge in [0.1, 0.15) is 0 Å². The second kappa shape index (κ2) is 6.99. The molecule has 0 spiro atoms. The van der Waals surface area contributed by atoms with Gasteiger partial charge in [0.2, 0.25) is 5.88 Å². The molecule has 1 aliphatic heterocycles.